The van der Waals surface area contributed by atoms with Crippen LogP contribution in [-0.4, -0.2) is 17.8 Å². The molecule has 2 nitrogen and oxygen atoms in total. The van der Waals surface area contributed by atoms with Gasteiger partial charge in [0.2, 0.25) is 0 Å². The molecule has 22 heavy (non-hydrogen) atoms. The fourth-order valence-corrected chi connectivity index (χ4v) is 2.79. The van der Waals surface area contributed by atoms with E-state index in [9.17, 15) is 5.11 Å². The molecule has 0 aliphatic rings. The Hall–Kier alpha value is -1.02. The van der Waals surface area contributed by atoms with Crippen molar-refractivity contribution in [3.63, 3.8) is 0 Å². The molecule has 0 aliphatic carbocycles. The van der Waals surface area contributed by atoms with E-state index < -0.39 is 0 Å². The third-order valence-electron chi connectivity index (χ3n) is 4.36. The van der Waals surface area contributed by atoms with Gasteiger partial charge < -0.3 is 9.84 Å². The van der Waals surface area contributed by atoms with E-state index in [4.69, 9.17) is 4.74 Å². The van der Waals surface area contributed by atoms with Crippen molar-refractivity contribution >= 4 is 0 Å². The van der Waals surface area contributed by atoms with Gasteiger partial charge in [0.05, 0.1) is 6.61 Å². The second kappa shape index (κ2) is 12.5. The Morgan fingerprint density at radius 1 is 0.909 bits per heavy atom. The predicted molar refractivity (Wildman–Crippen MR) is 94.3 cm³/mol. The molecule has 0 spiro atoms. The van der Waals surface area contributed by atoms with Crippen molar-refractivity contribution in [2.75, 3.05) is 6.61 Å². The highest BCUT2D eigenvalue weighted by molar-refractivity contribution is 5.21. The number of para-hydroxylation sites is 1. The molecule has 1 aromatic carbocycles. The maximum atomic E-state index is 9.56. The molecule has 0 aromatic heterocycles. The molecular formula is C20H34O2. The fourth-order valence-electron chi connectivity index (χ4n) is 2.79. The van der Waals surface area contributed by atoms with E-state index in [2.05, 4.69) is 13.8 Å². The standard InChI is InChI=1S/C20H34O2/c1-3-4-5-6-7-8-9-11-14-18(2)20(17-21)22-19-15-12-10-13-16-19/h10,12-13,15-16,18,20-21H,3-9,11,14,17H2,1-2H3. The van der Waals surface area contributed by atoms with E-state index in [1.54, 1.807) is 0 Å². The minimum absolute atomic E-state index is 0.0904. The average molecular weight is 306 g/mol. The summed E-state index contributed by atoms with van der Waals surface area (Å²) < 4.78 is 5.90. The first kappa shape index (κ1) is 19.0. The zero-order chi connectivity index (χ0) is 16.0. The van der Waals surface area contributed by atoms with Crippen LogP contribution in [0.3, 0.4) is 0 Å². The van der Waals surface area contributed by atoms with Crippen LogP contribution in [0.25, 0.3) is 0 Å². The van der Waals surface area contributed by atoms with Gasteiger partial charge in [0.1, 0.15) is 11.9 Å². The lowest BCUT2D eigenvalue weighted by molar-refractivity contribution is 0.0695. The first-order chi connectivity index (χ1) is 10.8. The average Bonchev–Trinajstić information content (AvgIpc) is 2.55. The molecule has 0 heterocycles. The molecule has 0 saturated carbocycles. The van der Waals surface area contributed by atoms with E-state index in [0.717, 1.165) is 12.2 Å². The van der Waals surface area contributed by atoms with Crippen molar-refractivity contribution in [2.45, 2.75) is 77.7 Å². The van der Waals surface area contributed by atoms with Crippen LogP contribution in [0.15, 0.2) is 30.3 Å². The maximum Gasteiger partial charge on any atom is 0.124 e. The highest BCUT2D eigenvalue weighted by atomic mass is 16.5. The van der Waals surface area contributed by atoms with Crippen LogP contribution in [0.5, 0.6) is 5.75 Å². The van der Waals surface area contributed by atoms with Crippen molar-refractivity contribution in [1.29, 1.82) is 0 Å². The normalized spacial score (nSPS) is 13.8. The number of hydrogen-bond donors (Lipinski definition) is 1. The summed E-state index contributed by atoms with van der Waals surface area (Å²) in [5.74, 6) is 1.25. The topological polar surface area (TPSA) is 29.5 Å². The highest BCUT2D eigenvalue weighted by Crippen LogP contribution is 2.20. The van der Waals surface area contributed by atoms with Gasteiger partial charge in [-0.25, -0.2) is 0 Å². The lowest BCUT2D eigenvalue weighted by atomic mass is 9.97. The second-order valence-corrected chi connectivity index (χ2v) is 6.39. The van der Waals surface area contributed by atoms with Crippen molar-refractivity contribution in [1.82, 2.24) is 0 Å². The van der Waals surface area contributed by atoms with Gasteiger partial charge in [-0.3, -0.25) is 0 Å². The Labute approximate surface area is 136 Å². The van der Waals surface area contributed by atoms with Crippen molar-refractivity contribution < 1.29 is 9.84 Å². The molecule has 126 valence electrons. The Kier molecular flexibility index (Phi) is 10.8. The van der Waals surface area contributed by atoms with Crippen LogP contribution in [0.2, 0.25) is 0 Å². The van der Waals surface area contributed by atoms with E-state index in [1.807, 2.05) is 30.3 Å². The molecule has 1 rings (SSSR count). The third kappa shape index (κ3) is 8.43. The molecule has 0 saturated heterocycles. The van der Waals surface area contributed by atoms with Crippen LogP contribution in [0, 0.1) is 5.92 Å². The van der Waals surface area contributed by atoms with Crippen LogP contribution in [-0.2, 0) is 0 Å². The molecule has 0 bridgehead atoms. The van der Waals surface area contributed by atoms with Crippen molar-refractivity contribution in [3.05, 3.63) is 30.3 Å². The van der Waals surface area contributed by atoms with Gasteiger partial charge in [0, 0.05) is 0 Å². The molecule has 0 aliphatic heterocycles. The number of aliphatic hydroxyl groups is 1. The molecule has 1 aromatic rings. The summed E-state index contributed by atoms with van der Waals surface area (Å²) in [6, 6.07) is 9.81. The Balaban J connectivity index is 2.13. The summed E-state index contributed by atoms with van der Waals surface area (Å²) in [5, 5.41) is 9.56. The van der Waals surface area contributed by atoms with E-state index in [0.29, 0.717) is 5.92 Å². The second-order valence-electron chi connectivity index (χ2n) is 6.39. The third-order valence-corrected chi connectivity index (χ3v) is 4.36. The number of ether oxygens (including phenoxy) is 1. The van der Waals surface area contributed by atoms with Crippen molar-refractivity contribution in [2.24, 2.45) is 5.92 Å². The number of rotatable bonds is 13. The fraction of sp³-hybridized carbons (Fsp3) is 0.700. The summed E-state index contributed by atoms with van der Waals surface area (Å²) in [7, 11) is 0. The Morgan fingerprint density at radius 2 is 1.50 bits per heavy atom. The van der Waals surface area contributed by atoms with Crippen LogP contribution in [0.4, 0.5) is 0 Å². The zero-order valence-electron chi connectivity index (χ0n) is 14.5. The lowest BCUT2D eigenvalue weighted by Crippen LogP contribution is -2.29. The zero-order valence-corrected chi connectivity index (χ0v) is 14.5. The number of unbranched alkanes of at least 4 members (excludes halogenated alkanes) is 7. The lowest BCUT2D eigenvalue weighted by Gasteiger charge is -2.23. The molecule has 0 amide bonds. The van der Waals surface area contributed by atoms with E-state index in [1.165, 1.54) is 51.4 Å². The monoisotopic (exact) mass is 306 g/mol. The predicted octanol–water partition coefficient (Wildman–Crippen LogP) is 5.59. The van der Waals surface area contributed by atoms with Gasteiger partial charge in [-0.15, -0.1) is 0 Å². The molecule has 2 heteroatoms. The van der Waals surface area contributed by atoms with Gasteiger partial charge in [0.15, 0.2) is 0 Å². The molecule has 0 fully saturated rings. The van der Waals surface area contributed by atoms with Crippen LogP contribution < -0.4 is 4.74 Å². The Morgan fingerprint density at radius 3 is 2.09 bits per heavy atom. The highest BCUT2D eigenvalue weighted by Gasteiger charge is 2.17. The Bertz CT molecular complexity index is 350. The maximum absolute atomic E-state index is 9.56. The summed E-state index contributed by atoms with van der Waals surface area (Å²) >= 11 is 0. The smallest absolute Gasteiger partial charge is 0.124 e. The number of benzene rings is 1. The van der Waals surface area contributed by atoms with E-state index >= 15 is 0 Å². The van der Waals surface area contributed by atoms with Gasteiger partial charge in [0.25, 0.3) is 0 Å². The summed E-state index contributed by atoms with van der Waals surface area (Å²) in [4.78, 5) is 0. The summed E-state index contributed by atoms with van der Waals surface area (Å²) in [6.45, 7) is 4.54. The first-order valence-electron chi connectivity index (χ1n) is 9.10. The minimum Gasteiger partial charge on any atom is -0.488 e. The minimum atomic E-state index is -0.0908. The summed E-state index contributed by atoms with van der Waals surface area (Å²) in [5.41, 5.74) is 0. The molecule has 0 radical (unpaired) electrons. The van der Waals surface area contributed by atoms with Gasteiger partial charge in [-0.1, -0.05) is 83.4 Å². The first-order valence-corrected chi connectivity index (χ1v) is 9.10. The van der Waals surface area contributed by atoms with E-state index in [-0.39, 0.29) is 12.7 Å². The quantitative estimate of drug-likeness (QED) is 0.481. The molecule has 1 N–H and O–H groups in total. The van der Waals surface area contributed by atoms with Gasteiger partial charge in [-0.05, 0) is 24.5 Å². The van der Waals surface area contributed by atoms with Gasteiger partial charge >= 0.3 is 0 Å². The largest absolute Gasteiger partial charge is 0.488 e. The van der Waals surface area contributed by atoms with Gasteiger partial charge in [-0.2, -0.15) is 0 Å². The molecule has 2 atom stereocenters. The van der Waals surface area contributed by atoms with Crippen molar-refractivity contribution in [3.8, 4) is 5.75 Å². The number of hydrogen-bond acceptors (Lipinski definition) is 2. The summed E-state index contributed by atoms with van der Waals surface area (Å²) in [6.07, 6.45) is 11.8. The number of aliphatic hydroxyl groups excluding tert-OH is 1. The molecular weight excluding hydrogens is 272 g/mol. The molecule has 2 unspecified atom stereocenters. The van der Waals surface area contributed by atoms with Crippen LogP contribution in [0.1, 0.15) is 71.6 Å². The SMILES string of the molecule is CCCCCCCCCCC(C)C(CO)Oc1ccccc1. The van der Waals surface area contributed by atoms with Crippen LogP contribution >= 0.6 is 0 Å².